The summed E-state index contributed by atoms with van der Waals surface area (Å²) >= 11 is 7.90. The van der Waals surface area contributed by atoms with Gasteiger partial charge in [0.05, 0.1) is 0 Å². The molecule has 18 heavy (non-hydrogen) atoms. The Kier molecular flexibility index (Phi) is 3.18. The van der Waals surface area contributed by atoms with Gasteiger partial charge in [-0.3, -0.25) is 0 Å². The van der Waals surface area contributed by atoms with Crippen LogP contribution in [0.4, 0.5) is 0 Å². The summed E-state index contributed by atoms with van der Waals surface area (Å²) in [4.78, 5) is 5.33. The molecule has 0 fully saturated rings. The summed E-state index contributed by atoms with van der Waals surface area (Å²) in [5.74, 6) is 0.487. The predicted molar refractivity (Wildman–Crippen MR) is 78.7 cm³/mol. The van der Waals surface area contributed by atoms with E-state index in [9.17, 15) is 0 Å². The van der Waals surface area contributed by atoms with E-state index in [0.29, 0.717) is 5.92 Å². The lowest BCUT2D eigenvalue weighted by molar-refractivity contribution is 0.299. The lowest BCUT2D eigenvalue weighted by Gasteiger charge is -2.30. The number of benzene rings is 1. The molecule has 0 amide bonds. The van der Waals surface area contributed by atoms with E-state index < -0.39 is 0 Å². The Balaban J connectivity index is 2.04. The fourth-order valence-electron chi connectivity index (χ4n) is 2.70. The lowest BCUT2D eigenvalue weighted by atomic mass is 9.88. The minimum atomic E-state index is 0.487. The molecule has 0 bridgehead atoms. The first-order chi connectivity index (χ1) is 8.63. The third-order valence-corrected chi connectivity index (χ3v) is 4.82. The first-order valence-electron chi connectivity index (χ1n) is 6.16. The highest BCUT2D eigenvalue weighted by atomic mass is 35.5. The van der Waals surface area contributed by atoms with Gasteiger partial charge < -0.3 is 4.90 Å². The average molecular weight is 278 g/mol. The lowest BCUT2D eigenvalue weighted by Crippen LogP contribution is -2.29. The van der Waals surface area contributed by atoms with Gasteiger partial charge >= 0.3 is 0 Å². The van der Waals surface area contributed by atoms with Gasteiger partial charge in [0.1, 0.15) is 0 Å². The van der Waals surface area contributed by atoms with Crippen LogP contribution < -0.4 is 0 Å². The van der Waals surface area contributed by atoms with E-state index in [0.717, 1.165) is 18.1 Å². The number of fused-ring (bicyclic) bond motifs is 1. The van der Waals surface area contributed by atoms with E-state index in [-0.39, 0.29) is 0 Å². The number of hydrogen-bond acceptors (Lipinski definition) is 2. The van der Waals surface area contributed by atoms with Crippen molar-refractivity contribution in [3.63, 3.8) is 0 Å². The first-order valence-corrected chi connectivity index (χ1v) is 7.36. The van der Waals surface area contributed by atoms with Gasteiger partial charge in [-0.15, -0.1) is 11.3 Å². The van der Waals surface area contributed by atoms with Crippen molar-refractivity contribution >= 4 is 22.9 Å². The smallest absolute Gasteiger partial charge is 0.0406 e. The summed E-state index contributed by atoms with van der Waals surface area (Å²) in [7, 11) is 2.20. The zero-order valence-electron chi connectivity index (χ0n) is 10.6. The molecule has 1 nitrogen and oxygen atoms in total. The van der Waals surface area contributed by atoms with Crippen LogP contribution in [0.25, 0.3) is 0 Å². The van der Waals surface area contributed by atoms with Crippen LogP contribution in [0.3, 0.4) is 0 Å². The quantitative estimate of drug-likeness (QED) is 0.752. The molecule has 0 N–H and O–H groups in total. The number of rotatable bonds is 1. The van der Waals surface area contributed by atoms with E-state index >= 15 is 0 Å². The second kappa shape index (κ2) is 4.69. The molecule has 0 unspecified atom stereocenters. The fraction of sp³-hybridized carbons (Fsp3) is 0.333. The van der Waals surface area contributed by atoms with Crippen molar-refractivity contribution in [3.05, 3.63) is 56.2 Å². The molecule has 94 valence electrons. The molecule has 1 aliphatic heterocycles. The molecule has 0 spiro atoms. The Morgan fingerprint density at radius 3 is 2.72 bits per heavy atom. The third-order valence-electron chi connectivity index (χ3n) is 3.52. The second-order valence-electron chi connectivity index (χ2n) is 5.04. The fourth-order valence-corrected chi connectivity index (χ4v) is 4.00. The number of thiophene rings is 1. The van der Waals surface area contributed by atoms with Crippen molar-refractivity contribution in [2.75, 3.05) is 13.6 Å². The number of aryl methyl sites for hydroxylation is 1. The minimum Gasteiger partial charge on any atom is -0.300 e. The number of hydrogen-bond donors (Lipinski definition) is 0. The Morgan fingerprint density at radius 2 is 2.00 bits per heavy atom. The summed E-state index contributed by atoms with van der Waals surface area (Å²) in [5, 5.41) is 0.810. The van der Waals surface area contributed by atoms with Crippen molar-refractivity contribution < 1.29 is 0 Å². The van der Waals surface area contributed by atoms with Crippen LogP contribution in [-0.4, -0.2) is 18.5 Å². The highest BCUT2D eigenvalue weighted by Crippen LogP contribution is 2.37. The molecule has 0 radical (unpaired) electrons. The van der Waals surface area contributed by atoms with Gasteiger partial charge in [0.25, 0.3) is 0 Å². The maximum atomic E-state index is 5.98. The Hall–Kier alpha value is -0.830. The summed E-state index contributed by atoms with van der Waals surface area (Å²) in [6.45, 7) is 4.37. The van der Waals surface area contributed by atoms with Crippen molar-refractivity contribution in [1.82, 2.24) is 4.90 Å². The molecular formula is C15H16ClNS. The zero-order chi connectivity index (χ0) is 12.7. The van der Waals surface area contributed by atoms with Crippen LogP contribution in [0.1, 0.15) is 26.8 Å². The van der Waals surface area contributed by atoms with Crippen LogP contribution in [0.15, 0.2) is 30.3 Å². The monoisotopic (exact) mass is 277 g/mol. The van der Waals surface area contributed by atoms with Crippen LogP contribution in [0.2, 0.25) is 5.02 Å². The summed E-state index contributed by atoms with van der Waals surface area (Å²) in [5.41, 5.74) is 2.88. The summed E-state index contributed by atoms with van der Waals surface area (Å²) < 4.78 is 0. The minimum absolute atomic E-state index is 0.487. The number of nitrogens with zero attached hydrogens (tertiary/aromatic N) is 1. The van der Waals surface area contributed by atoms with Crippen LogP contribution in [0, 0.1) is 6.92 Å². The topological polar surface area (TPSA) is 3.24 Å². The third kappa shape index (κ3) is 2.20. The number of likely N-dealkylation sites (N-methyl/N-ethyl adjacent to an activating group) is 1. The van der Waals surface area contributed by atoms with E-state index in [2.05, 4.69) is 37.1 Å². The normalized spacial score (nSPS) is 19.8. The van der Waals surface area contributed by atoms with Crippen molar-refractivity contribution in [1.29, 1.82) is 0 Å². The molecule has 0 aliphatic carbocycles. The van der Waals surface area contributed by atoms with Gasteiger partial charge in [-0.2, -0.15) is 0 Å². The van der Waals surface area contributed by atoms with Crippen LogP contribution in [0.5, 0.6) is 0 Å². The van der Waals surface area contributed by atoms with Gasteiger partial charge in [-0.1, -0.05) is 23.7 Å². The predicted octanol–water partition coefficient (Wildman–Crippen LogP) is 4.29. The Morgan fingerprint density at radius 1 is 1.28 bits per heavy atom. The molecule has 2 aromatic rings. The van der Waals surface area contributed by atoms with Crippen molar-refractivity contribution in [2.24, 2.45) is 0 Å². The summed E-state index contributed by atoms with van der Waals surface area (Å²) in [6.07, 6.45) is 0. The van der Waals surface area contributed by atoms with Gasteiger partial charge in [0, 0.05) is 33.8 Å². The Labute approximate surface area is 117 Å². The van der Waals surface area contributed by atoms with E-state index in [4.69, 9.17) is 11.6 Å². The molecule has 0 saturated carbocycles. The largest absolute Gasteiger partial charge is 0.300 e. The van der Waals surface area contributed by atoms with Gasteiger partial charge in [0.2, 0.25) is 0 Å². The zero-order valence-corrected chi connectivity index (χ0v) is 12.2. The van der Waals surface area contributed by atoms with Gasteiger partial charge in [-0.05, 0) is 43.3 Å². The van der Waals surface area contributed by atoms with Crippen LogP contribution in [-0.2, 0) is 6.54 Å². The first kappa shape index (κ1) is 12.2. The molecule has 1 aromatic heterocycles. The van der Waals surface area contributed by atoms with Crippen molar-refractivity contribution in [2.45, 2.75) is 19.4 Å². The van der Waals surface area contributed by atoms with E-state index in [1.165, 1.54) is 20.9 Å². The van der Waals surface area contributed by atoms with E-state index in [1.807, 2.05) is 23.5 Å². The van der Waals surface area contributed by atoms with E-state index in [1.54, 1.807) is 0 Å². The average Bonchev–Trinajstić information content (AvgIpc) is 2.69. The van der Waals surface area contributed by atoms with Gasteiger partial charge in [0.15, 0.2) is 0 Å². The second-order valence-corrected chi connectivity index (χ2v) is 6.81. The molecule has 3 heteroatoms. The molecule has 1 atom stereocenters. The molecule has 3 rings (SSSR count). The van der Waals surface area contributed by atoms with Crippen molar-refractivity contribution in [3.8, 4) is 0 Å². The maximum absolute atomic E-state index is 5.98. The number of halogens is 1. The standard InChI is InChI=1S/C15H16ClNS/c1-10-7-13-14(8-17(2)9-15(13)18-10)11-3-5-12(16)6-4-11/h3-7,14H,8-9H2,1-2H3/t14-/m0/s1. The maximum Gasteiger partial charge on any atom is 0.0406 e. The van der Waals surface area contributed by atoms with Crippen LogP contribution >= 0.6 is 22.9 Å². The highest BCUT2D eigenvalue weighted by Gasteiger charge is 2.26. The molecular weight excluding hydrogens is 262 g/mol. The molecule has 2 heterocycles. The highest BCUT2D eigenvalue weighted by molar-refractivity contribution is 7.12. The van der Waals surface area contributed by atoms with Gasteiger partial charge in [-0.25, -0.2) is 0 Å². The molecule has 1 aromatic carbocycles. The SMILES string of the molecule is Cc1cc2c(s1)CN(C)C[C@H]2c1ccc(Cl)cc1. The summed E-state index contributed by atoms with van der Waals surface area (Å²) in [6, 6.07) is 10.6. The molecule has 0 saturated heterocycles. The molecule has 1 aliphatic rings. The Bertz CT molecular complexity index is 558.